The van der Waals surface area contributed by atoms with Crippen molar-refractivity contribution in [2.45, 2.75) is 32.3 Å². The zero-order valence-electron chi connectivity index (χ0n) is 12.5. The molecule has 2 amide bonds. The van der Waals surface area contributed by atoms with Gasteiger partial charge in [-0.15, -0.1) is 0 Å². The van der Waals surface area contributed by atoms with Crippen LogP contribution >= 0.6 is 0 Å². The lowest BCUT2D eigenvalue weighted by Gasteiger charge is -2.31. The largest absolute Gasteiger partial charge is 0.479 e. The Labute approximate surface area is 124 Å². The Morgan fingerprint density at radius 2 is 1.95 bits per heavy atom. The van der Waals surface area contributed by atoms with E-state index >= 15 is 0 Å². The fourth-order valence-electron chi connectivity index (χ4n) is 2.93. The van der Waals surface area contributed by atoms with Gasteiger partial charge in [-0.05, 0) is 44.4 Å². The van der Waals surface area contributed by atoms with Crippen molar-refractivity contribution in [3.63, 3.8) is 0 Å². The van der Waals surface area contributed by atoms with Crippen LogP contribution in [-0.4, -0.2) is 43.0 Å². The third-order valence-electron chi connectivity index (χ3n) is 4.19. The van der Waals surface area contributed by atoms with Crippen molar-refractivity contribution in [1.29, 1.82) is 0 Å². The van der Waals surface area contributed by atoms with Crippen LogP contribution in [0.5, 0.6) is 5.75 Å². The molecule has 0 radical (unpaired) electrons. The average molecular weight is 288 g/mol. The summed E-state index contributed by atoms with van der Waals surface area (Å²) in [6.07, 6.45) is 2.83. The van der Waals surface area contributed by atoms with E-state index in [-0.39, 0.29) is 11.8 Å². The number of carbonyl (C=O) groups is 2. The first-order chi connectivity index (χ1) is 10.1. The minimum absolute atomic E-state index is 0.0494. The van der Waals surface area contributed by atoms with Gasteiger partial charge in [0.25, 0.3) is 11.8 Å². The molecule has 0 bridgehead atoms. The first-order valence-corrected chi connectivity index (χ1v) is 7.45. The highest BCUT2D eigenvalue weighted by molar-refractivity contribution is 6.01. The van der Waals surface area contributed by atoms with Gasteiger partial charge in [-0.25, -0.2) is 0 Å². The summed E-state index contributed by atoms with van der Waals surface area (Å²) in [6, 6.07) is 5.32. The normalized spacial score (nSPS) is 21.8. The fraction of sp³-hybridized carbons (Fsp3) is 0.500. The smallest absolute Gasteiger partial charge is 0.267 e. The summed E-state index contributed by atoms with van der Waals surface area (Å²) in [5, 5.41) is 0. The molecule has 1 unspecified atom stereocenters. The number of hydrogen-bond acceptors (Lipinski definition) is 3. The van der Waals surface area contributed by atoms with Crippen LogP contribution < -0.4 is 9.64 Å². The van der Waals surface area contributed by atoms with E-state index in [2.05, 4.69) is 0 Å². The van der Waals surface area contributed by atoms with Crippen LogP contribution in [0.2, 0.25) is 0 Å². The summed E-state index contributed by atoms with van der Waals surface area (Å²) in [5.41, 5.74) is 1.35. The summed E-state index contributed by atoms with van der Waals surface area (Å²) in [5.74, 6) is 0.582. The number of amides is 2. The summed E-state index contributed by atoms with van der Waals surface area (Å²) in [4.78, 5) is 27.9. The number of nitrogens with zero attached hydrogens (tertiary/aromatic N) is 2. The minimum atomic E-state index is -0.511. The Hall–Kier alpha value is -2.04. The van der Waals surface area contributed by atoms with Crippen LogP contribution in [0.1, 0.15) is 36.5 Å². The maximum absolute atomic E-state index is 12.5. The molecule has 0 aromatic heterocycles. The number of benzene rings is 1. The van der Waals surface area contributed by atoms with Gasteiger partial charge < -0.3 is 14.5 Å². The zero-order valence-corrected chi connectivity index (χ0v) is 12.5. The third-order valence-corrected chi connectivity index (χ3v) is 4.19. The lowest BCUT2D eigenvalue weighted by molar-refractivity contribution is -0.125. The number of carbonyl (C=O) groups excluding carboxylic acids is 2. The van der Waals surface area contributed by atoms with Crippen LogP contribution in [-0.2, 0) is 4.79 Å². The summed E-state index contributed by atoms with van der Waals surface area (Å²) in [6.45, 7) is 3.37. The quantitative estimate of drug-likeness (QED) is 0.794. The molecule has 0 N–H and O–H groups in total. The second kappa shape index (κ2) is 5.39. The van der Waals surface area contributed by atoms with Gasteiger partial charge in [0.1, 0.15) is 5.75 Å². The number of ether oxygens (including phenoxy) is 1. The second-order valence-corrected chi connectivity index (χ2v) is 5.69. The van der Waals surface area contributed by atoms with Gasteiger partial charge in [0.05, 0.1) is 5.69 Å². The Balaban J connectivity index is 1.87. The topological polar surface area (TPSA) is 49.9 Å². The number of fused-ring (bicyclic) bond motifs is 1. The van der Waals surface area contributed by atoms with E-state index in [0.717, 1.165) is 25.9 Å². The SMILES string of the molecule is CC1Oc2cc(C(=O)N3CCCCC3)ccc2N(C)C1=O. The second-order valence-electron chi connectivity index (χ2n) is 5.69. The number of rotatable bonds is 1. The maximum Gasteiger partial charge on any atom is 0.267 e. The molecule has 2 heterocycles. The van der Waals surface area contributed by atoms with E-state index in [0.29, 0.717) is 17.0 Å². The van der Waals surface area contributed by atoms with Crippen molar-refractivity contribution in [2.24, 2.45) is 0 Å². The predicted molar refractivity (Wildman–Crippen MR) is 79.7 cm³/mol. The van der Waals surface area contributed by atoms with Gasteiger partial charge in [0.2, 0.25) is 0 Å². The van der Waals surface area contributed by atoms with Gasteiger partial charge >= 0.3 is 0 Å². The van der Waals surface area contributed by atoms with Crippen LogP contribution in [0.3, 0.4) is 0 Å². The monoisotopic (exact) mass is 288 g/mol. The molecule has 2 aliphatic rings. The summed E-state index contributed by atoms with van der Waals surface area (Å²) in [7, 11) is 1.73. The Morgan fingerprint density at radius 3 is 2.67 bits per heavy atom. The first-order valence-electron chi connectivity index (χ1n) is 7.45. The molecule has 3 rings (SSSR count). The molecule has 2 aliphatic heterocycles. The Bertz CT molecular complexity index is 579. The highest BCUT2D eigenvalue weighted by Gasteiger charge is 2.30. The molecule has 0 saturated carbocycles. The maximum atomic E-state index is 12.5. The van der Waals surface area contributed by atoms with Crippen molar-refractivity contribution < 1.29 is 14.3 Å². The molecule has 1 aromatic rings. The van der Waals surface area contributed by atoms with Gasteiger partial charge in [0, 0.05) is 25.7 Å². The van der Waals surface area contributed by atoms with E-state index in [4.69, 9.17) is 4.74 Å². The van der Waals surface area contributed by atoms with Crippen molar-refractivity contribution in [3.05, 3.63) is 23.8 Å². The number of hydrogen-bond donors (Lipinski definition) is 0. The van der Waals surface area contributed by atoms with E-state index in [9.17, 15) is 9.59 Å². The molecule has 0 aliphatic carbocycles. The van der Waals surface area contributed by atoms with Crippen LogP contribution in [0.4, 0.5) is 5.69 Å². The molecular weight excluding hydrogens is 268 g/mol. The molecule has 112 valence electrons. The van der Waals surface area contributed by atoms with Gasteiger partial charge in [-0.3, -0.25) is 9.59 Å². The van der Waals surface area contributed by atoms with Crippen molar-refractivity contribution in [2.75, 3.05) is 25.0 Å². The standard InChI is InChI=1S/C16H20N2O3/c1-11-15(19)17(2)13-7-6-12(10-14(13)21-11)16(20)18-8-4-3-5-9-18/h6-7,10-11H,3-5,8-9H2,1-2H3. The van der Waals surface area contributed by atoms with Crippen LogP contribution in [0, 0.1) is 0 Å². The average Bonchev–Trinajstić information content (AvgIpc) is 2.52. The first kappa shape index (κ1) is 13.9. The lowest BCUT2D eigenvalue weighted by Crippen LogP contribution is -2.42. The molecule has 5 heteroatoms. The van der Waals surface area contributed by atoms with Crippen molar-refractivity contribution in [3.8, 4) is 5.75 Å². The number of likely N-dealkylation sites (tertiary alicyclic amines) is 1. The highest BCUT2D eigenvalue weighted by Crippen LogP contribution is 2.34. The Kier molecular flexibility index (Phi) is 3.57. The van der Waals surface area contributed by atoms with Crippen LogP contribution in [0.25, 0.3) is 0 Å². The van der Waals surface area contributed by atoms with Gasteiger partial charge in [-0.2, -0.15) is 0 Å². The summed E-state index contributed by atoms with van der Waals surface area (Å²) < 4.78 is 5.63. The third kappa shape index (κ3) is 2.48. The Morgan fingerprint density at radius 1 is 1.24 bits per heavy atom. The fourth-order valence-corrected chi connectivity index (χ4v) is 2.93. The number of anilines is 1. The van der Waals surface area contributed by atoms with Gasteiger partial charge in [-0.1, -0.05) is 0 Å². The molecule has 1 aromatic carbocycles. The van der Waals surface area contributed by atoms with Crippen molar-refractivity contribution in [1.82, 2.24) is 4.90 Å². The van der Waals surface area contributed by atoms with E-state index in [1.54, 1.807) is 37.1 Å². The summed E-state index contributed by atoms with van der Waals surface area (Å²) >= 11 is 0. The molecular formula is C16H20N2O3. The minimum Gasteiger partial charge on any atom is -0.479 e. The molecule has 1 fully saturated rings. The van der Waals surface area contributed by atoms with E-state index in [1.165, 1.54) is 6.42 Å². The zero-order chi connectivity index (χ0) is 15.0. The predicted octanol–water partition coefficient (Wildman–Crippen LogP) is 2.06. The van der Waals surface area contributed by atoms with Crippen LogP contribution in [0.15, 0.2) is 18.2 Å². The molecule has 1 saturated heterocycles. The van der Waals surface area contributed by atoms with Crippen molar-refractivity contribution >= 4 is 17.5 Å². The molecule has 1 atom stereocenters. The molecule has 5 nitrogen and oxygen atoms in total. The molecule has 21 heavy (non-hydrogen) atoms. The van der Waals surface area contributed by atoms with E-state index < -0.39 is 6.10 Å². The highest BCUT2D eigenvalue weighted by atomic mass is 16.5. The molecule has 0 spiro atoms. The number of likely N-dealkylation sites (N-methyl/N-ethyl adjacent to an activating group) is 1. The lowest BCUT2D eigenvalue weighted by atomic mass is 10.1. The number of piperidine rings is 1. The van der Waals surface area contributed by atoms with Gasteiger partial charge in [0.15, 0.2) is 6.10 Å². The van der Waals surface area contributed by atoms with E-state index in [1.807, 2.05) is 4.90 Å².